The maximum atomic E-state index is 13.5. The lowest BCUT2D eigenvalue weighted by Gasteiger charge is -2.34. The number of fused-ring (bicyclic) bond motifs is 6. The maximum Gasteiger partial charge on any atom is 0.305 e. The minimum Gasteiger partial charge on any atom is -0.454 e. The highest BCUT2D eigenvalue weighted by molar-refractivity contribution is 6.23. The van der Waals surface area contributed by atoms with Gasteiger partial charge in [-0.1, -0.05) is 6.08 Å². The van der Waals surface area contributed by atoms with Crippen LogP contribution in [0.5, 0.6) is 11.5 Å². The van der Waals surface area contributed by atoms with E-state index in [0.29, 0.717) is 17.2 Å². The maximum absolute atomic E-state index is 13.5. The molecule has 0 spiro atoms. The van der Waals surface area contributed by atoms with Crippen molar-refractivity contribution in [2.45, 2.75) is 38.3 Å². The number of amides is 2. The fourth-order valence-corrected chi connectivity index (χ4v) is 4.84. The Bertz CT molecular complexity index is 1050. The first-order valence-electron chi connectivity index (χ1n) is 9.69. The number of ether oxygens (including phenoxy) is 5. The van der Waals surface area contributed by atoms with Crippen LogP contribution in [0, 0.1) is 11.8 Å². The second-order valence-corrected chi connectivity index (χ2v) is 8.03. The van der Waals surface area contributed by atoms with Gasteiger partial charge in [0.2, 0.25) is 18.6 Å². The third-order valence-electron chi connectivity index (χ3n) is 6.01. The second kappa shape index (κ2) is 6.30. The molecule has 4 heterocycles. The number of anilines is 1. The predicted octanol–water partition coefficient (Wildman–Crippen LogP) is 1.07. The highest BCUT2D eigenvalue weighted by Gasteiger charge is 2.76. The van der Waals surface area contributed by atoms with E-state index in [0.717, 1.165) is 18.7 Å². The minimum absolute atomic E-state index is 0.0529. The first-order chi connectivity index (χ1) is 14.7. The van der Waals surface area contributed by atoms with Gasteiger partial charge in [-0.3, -0.25) is 19.2 Å². The standard InChI is InChI=1S/C21H19NO9/c1-10(23)29-19(30-11(2)24)21-7-6-20(3,31-21)15-16(21)18(26)22(17(15)25)12-4-5-13-14(8-12)28-9-27-13/h4-8,15-16,19H,9H2,1-3H3. The summed E-state index contributed by atoms with van der Waals surface area (Å²) >= 11 is 0. The molecule has 4 aliphatic heterocycles. The molecule has 0 saturated carbocycles. The van der Waals surface area contributed by atoms with Gasteiger partial charge in [0.15, 0.2) is 17.1 Å². The highest BCUT2D eigenvalue weighted by atomic mass is 16.7. The molecule has 4 unspecified atom stereocenters. The van der Waals surface area contributed by atoms with E-state index in [2.05, 4.69) is 0 Å². The van der Waals surface area contributed by atoms with Crippen molar-refractivity contribution in [1.82, 2.24) is 0 Å². The van der Waals surface area contributed by atoms with Crippen LogP contribution in [0.2, 0.25) is 0 Å². The van der Waals surface area contributed by atoms with E-state index in [-0.39, 0.29) is 6.79 Å². The molecule has 4 aliphatic rings. The van der Waals surface area contributed by atoms with E-state index in [9.17, 15) is 19.2 Å². The molecule has 2 amide bonds. The molecule has 5 rings (SSSR count). The van der Waals surface area contributed by atoms with E-state index in [1.165, 1.54) is 0 Å². The quantitative estimate of drug-likeness (QED) is 0.300. The Kier molecular flexibility index (Phi) is 3.97. The Morgan fingerprint density at radius 3 is 2.35 bits per heavy atom. The van der Waals surface area contributed by atoms with E-state index in [1.807, 2.05) is 0 Å². The topological polar surface area (TPSA) is 118 Å². The molecule has 10 heteroatoms. The average Bonchev–Trinajstić information content (AvgIpc) is 3.40. The summed E-state index contributed by atoms with van der Waals surface area (Å²) in [6, 6.07) is 4.76. The summed E-state index contributed by atoms with van der Waals surface area (Å²) in [5.74, 6) is -3.46. The Morgan fingerprint density at radius 2 is 1.68 bits per heavy atom. The van der Waals surface area contributed by atoms with Crippen molar-refractivity contribution in [1.29, 1.82) is 0 Å². The first-order valence-corrected chi connectivity index (χ1v) is 9.69. The number of carbonyl (C=O) groups excluding carboxylic acids is 4. The lowest BCUT2D eigenvalue weighted by Crippen LogP contribution is -2.52. The normalized spacial score (nSPS) is 32.1. The van der Waals surface area contributed by atoms with Crippen molar-refractivity contribution in [2.75, 3.05) is 11.7 Å². The molecule has 10 nitrogen and oxygen atoms in total. The summed E-state index contributed by atoms with van der Waals surface area (Å²) in [7, 11) is 0. The lowest BCUT2D eigenvalue weighted by atomic mass is 9.72. The van der Waals surface area contributed by atoms with Crippen LogP contribution >= 0.6 is 0 Å². The van der Waals surface area contributed by atoms with Gasteiger partial charge in [0.05, 0.1) is 23.1 Å². The third-order valence-corrected chi connectivity index (χ3v) is 6.01. The van der Waals surface area contributed by atoms with E-state index in [4.69, 9.17) is 23.7 Å². The van der Waals surface area contributed by atoms with E-state index < -0.39 is 53.1 Å². The number of hydrogen-bond donors (Lipinski definition) is 0. The van der Waals surface area contributed by atoms with Gasteiger partial charge < -0.3 is 23.7 Å². The van der Waals surface area contributed by atoms with Crippen molar-refractivity contribution in [3.05, 3.63) is 30.4 Å². The van der Waals surface area contributed by atoms with Crippen LogP contribution in [-0.4, -0.2) is 48.0 Å². The lowest BCUT2D eigenvalue weighted by molar-refractivity contribution is -0.231. The summed E-state index contributed by atoms with van der Waals surface area (Å²) in [4.78, 5) is 51.4. The summed E-state index contributed by atoms with van der Waals surface area (Å²) in [5, 5.41) is 0. The van der Waals surface area contributed by atoms with Crippen LogP contribution in [0.1, 0.15) is 20.8 Å². The van der Waals surface area contributed by atoms with Gasteiger partial charge in [-0.15, -0.1) is 0 Å². The Labute approximate surface area is 176 Å². The Balaban J connectivity index is 1.57. The first kappa shape index (κ1) is 19.6. The van der Waals surface area contributed by atoms with Crippen LogP contribution in [-0.2, 0) is 33.4 Å². The van der Waals surface area contributed by atoms with Gasteiger partial charge in [-0.2, -0.15) is 0 Å². The predicted molar refractivity (Wildman–Crippen MR) is 101 cm³/mol. The van der Waals surface area contributed by atoms with Gasteiger partial charge in [0.25, 0.3) is 6.29 Å². The van der Waals surface area contributed by atoms with E-state index >= 15 is 0 Å². The largest absolute Gasteiger partial charge is 0.454 e. The zero-order valence-corrected chi connectivity index (χ0v) is 16.9. The zero-order chi connectivity index (χ0) is 22.1. The molecular formula is C21H19NO9. The highest BCUT2D eigenvalue weighted by Crippen LogP contribution is 2.59. The number of esters is 2. The number of imide groups is 1. The van der Waals surface area contributed by atoms with Crippen molar-refractivity contribution in [3.8, 4) is 11.5 Å². The summed E-state index contributed by atoms with van der Waals surface area (Å²) < 4.78 is 27.2. The monoisotopic (exact) mass is 429 g/mol. The van der Waals surface area contributed by atoms with Gasteiger partial charge >= 0.3 is 11.9 Å². The molecule has 0 radical (unpaired) electrons. The van der Waals surface area contributed by atoms with Crippen LogP contribution in [0.25, 0.3) is 0 Å². The summed E-state index contributed by atoms with van der Waals surface area (Å²) in [6.45, 7) is 4.02. The SMILES string of the molecule is CC(=O)OC(OC(C)=O)C12C=CC(C)(O1)C1C(=O)N(c3ccc4c(c3)OCO4)C(=O)C12. The number of carbonyl (C=O) groups is 4. The fraction of sp³-hybridized carbons (Fsp3) is 0.429. The minimum atomic E-state index is -1.62. The smallest absolute Gasteiger partial charge is 0.305 e. The van der Waals surface area contributed by atoms with Crippen molar-refractivity contribution < 1.29 is 42.9 Å². The van der Waals surface area contributed by atoms with Crippen molar-refractivity contribution in [2.24, 2.45) is 11.8 Å². The average molecular weight is 429 g/mol. The van der Waals surface area contributed by atoms with Crippen molar-refractivity contribution in [3.63, 3.8) is 0 Å². The van der Waals surface area contributed by atoms with Crippen LogP contribution in [0.3, 0.4) is 0 Å². The number of benzene rings is 1. The van der Waals surface area contributed by atoms with Gasteiger partial charge in [-0.25, -0.2) is 4.90 Å². The number of hydrogen-bond acceptors (Lipinski definition) is 9. The molecule has 1 aromatic rings. The van der Waals surface area contributed by atoms with Crippen LogP contribution in [0.4, 0.5) is 5.69 Å². The molecule has 2 saturated heterocycles. The molecule has 0 aromatic heterocycles. The Morgan fingerprint density at radius 1 is 1.03 bits per heavy atom. The summed E-state index contributed by atoms with van der Waals surface area (Å²) in [5.41, 5.74) is -2.43. The number of nitrogens with zero attached hydrogens (tertiary/aromatic N) is 1. The van der Waals surface area contributed by atoms with Crippen LogP contribution < -0.4 is 14.4 Å². The molecule has 162 valence electrons. The zero-order valence-electron chi connectivity index (χ0n) is 16.9. The molecular weight excluding hydrogens is 410 g/mol. The molecule has 31 heavy (non-hydrogen) atoms. The van der Waals surface area contributed by atoms with Crippen molar-refractivity contribution >= 4 is 29.4 Å². The number of rotatable bonds is 4. The second-order valence-electron chi connectivity index (χ2n) is 8.03. The van der Waals surface area contributed by atoms with Gasteiger partial charge in [0.1, 0.15) is 0 Å². The van der Waals surface area contributed by atoms with Gasteiger partial charge in [0, 0.05) is 19.9 Å². The fourth-order valence-electron chi connectivity index (χ4n) is 4.84. The molecule has 0 N–H and O–H groups in total. The molecule has 1 aromatic carbocycles. The summed E-state index contributed by atoms with van der Waals surface area (Å²) in [6.07, 6.45) is 1.66. The molecule has 0 aliphatic carbocycles. The molecule has 2 fully saturated rings. The van der Waals surface area contributed by atoms with Gasteiger partial charge in [-0.05, 0) is 25.1 Å². The Hall–Kier alpha value is -3.40. The molecule has 2 bridgehead atoms. The van der Waals surface area contributed by atoms with E-state index in [1.54, 1.807) is 37.3 Å². The van der Waals surface area contributed by atoms with Crippen LogP contribution in [0.15, 0.2) is 30.4 Å². The molecule has 4 atom stereocenters. The third kappa shape index (κ3) is 2.61.